The summed E-state index contributed by atoms with van der Waals surface area (Å²) in [4.78, 5) is 42.4. The number of urea groups is 1. The number of hydrogen-bond acceptors (Lipinski definition) is 3. The Kier molecular flexibility index (Phi) is 5.08. The highest BCUT2D eigenvalue weighted by molar-refractivity contribution is 6.09. The van der Waals surface area contributed by atoms with Gasteiger partial charge < -0.3 is 15.6 Å². The van der Waals surface area contributed by atoms with E-state index < -0.39 is 11.6 Å². The molecule has 0 bridgehead atoms. The third-order valence-electron chi connectivity index (χ3n) is 6.32. The lowest BCUT2D eigenvalue weighted by atomic mass is 9.64. The summed E-state index contributed by atoms with van der Waals surface area (Å²) < 4.78 is 0. The van der Waals surface area contributed by atoms with Gasteiger partial charge in [-0.1, -0.05) is 39.0 Å². The Labute approximate surface area is 176 Å². The summed E-state index contributed by atoms with van der Waals surface area (Å²) in [5, 5.41) is 6.89. The maximum Gasteiger partial charge on any atom is 0.325 e. The number of nitrogens with zero attached hydrogens (tertiary/aromatic N) is 1. The van der Waals surface area contributed by atoms with E-state index in [9.17, 15) is 14.4 Å². The fourth-order valence-electron chi connectivity index (χ4n) is 5.52. The first-order valence-electron chi connectivity index (χ1n) is 10.6. The van der Waals surface area contributed by atoms with Gasteiger partial charge >= 0.3 is 6.03 Å². The molecule has 1 aliphatic carbocycles. The molecule has 1 aromatic heterocycles. The van der Waals surface area contributed by atoms with Gasteiger partial charge in [0.05, 0.1) is 0 Å². The molecule has 7 nitrogen and oxygen atoms in total. The molecule has 4 amide bonds. The van der Waals surface area contributed by atoms with Crippen molar-refractivity contribution in [1.82, 2.24) is 20.5 Å². The fourth-order valence-corrected chi connectivity index (χ4v) is 5.52. The highest BCUT2D eigenvalue weighted by Gasteiger charge is 2.56. The van der Waals surface area contributed by atoms with E-state index >= 15 is 0 Å². The highest BCUT2D eigenvalue weighted by atomic mass is 16.2. The summed E-state index contributed by atoms with van der Waals surface area (Å²) in [5.41, 5.74) is 1.28. The molecule has 2 aromatic rings. The lowest BCUT2D eigenvalue weighted by molar-refractivity contribution is -0.137. The molecular formula is C23H30N4O3. The number of rotatable bonds is 5. The number of carbonyl (C=O) groups is 3. The normalized spacial score (nSPS) is 25.7. The number of fused-ring (bicyclic) bond motifs is 1. The lowest BCUT2D eigenvalue weighted by Crippen LogP contribution is -2.54. The van der Waals surface area contributed by atoms with Gasteiger partial charge in [0.15, 0.2) is 0 Å². The molecule has 2 atom stereocenters. The van der Waals surface area contributed by atoms with Crippen molar-refractivity contribution in [2.75, 3.05) is 13.1 Å². The summed E-state index contributed by atoms with van der Waals surface area (Å²) in [6.07, 6.45) is 4.87. The van der Waals surface area contributed by atoms with E-state index in [-0.39, 0.29) is 23.8 Å². The van der Waals surface area contributed by atoms with Crippen LogP contribution in [-0.4, -0.2) is 46.4 Å². The van der Waals surface area contributed by atoms with Crippen LogP contribution in [0.5, 0.6) is 0 Å². The maximum atomic E-state index is 13.1. The van der Waals surface area contributed by atoms with Gasteiger partial charge in [0.1, 0.15) is 12.1 Å². The molecule has 160 valence electrons. The summed E-state index contributed by atoms with van der Waals surface area (Å²) >= 11 is 0. The Bertz CT molecular complexity index is 995. The number of H-pyrrole nitrogens is 1. The number of amides is 4. The zero-order chi connectivity index (χ0) is 21.5. The number of para-hydroxylation sites is 1. The molecule has 7 heteroatoms. The van der Waals surface area contributed by atoms with Gasteiger partial charge in [-0.05, 0) is 48.6 Å². The summed E-state index contributed by atoms with van der Waals surface area (Å²) in [7, 11) is 0. The third kappa shape index (κ3) is 3.80. The number of aromatic nitrogens is 1. The first-order chi connectivity index (χ1) is 14.2. The van der Waals surface area contributed by atoms with Crippen molar-refractivity contribution < 1.29 is 14.4 Å². The molecule has 1 spiro atoms. The van der Waals surface area contributed by atoms with E-state index in [4.69, 9.17) is 0 Å². The molecule has 0 unspecified atom stereocenters. The molecule has 2 aliphatic rings. The van der Waals surface area contributed by atoms with Gasteiger partial charge in [-0.3, -0.25) is 14.5 Å². The zero-order valence-corrected chi connectivity index (χ0v) is 17.9. The monoisotopic (exact) mass is 410 g/mol. The molecule has 4 rings (SSSR count). The Morgan fingerprint density at radius 2 is 2.00 bits per heavy atom. The van der Waals surface area contributed by atoms with E-state index in [0.717, 1.165) is 27.8 Å². The van der Waals surface area contributed by atoms with Gasteiger partial charge in [-0.15, -0.1) is 0 Å². The number of hydrogen-bond donors (Lipinski definition) is 3. The SMILES string of the molecule is C[C@@H]1CC(C)(C)C[C@]2(C1)NC(=O)N(CC(=O)NCCc1c[nH]c3ccccc13)C2=O. The Morgan fingerprint density at radius 1 is 1.23 bits per heavy atom. The van der Waals surface area contributed by atoms with E-state index in [1.54, 1.807) is 0 Å². The van der Waals surface area contributed by atoms with Crippen LogP contribution in [0.15, 0.2) is 30.5 Å². The number of imide groups is 1. The van der Waals surface area contributed by atoms with Crippen molar-refractivity contribution in [3.8, 4) is 0 Å². The standard InChI is InChI=1S/C23H30N4O3/c1-15-10-22(2,3)14-23(11-15)20(29)27(21(30)26-23)13-19(28)24-9-8-16-12-25-18-7-5-4-6-17(16)18/h4-7,12,15,25H,8-11,13-14H2,1-3H3,(H,24,28)(H,26,30)/t15-,23+/m1/s1. The Balaban J connectivity index is 1.35. The highest BCUT2D eigenvalue weighted by Crippen LogP contribution is 2.46. The molecule has 2 heterocycles. The molecular weight excluding hydrogens is 380 g/mol. The van der Waals surface area contributed by atoms with Crippen LogP contribution in [0.25, 0.3) is 10.9 Å². The first-order valence-corrected chi connectivity index (χ1v) is 10.6. The molecule has 3 N–H and O–H groups in total. The van der Waals surface area contributed by atoms with Crippen LogP contribution in [0.4, 0.5) is 4.79 Å². The second kappa shape index (κ2) is 7.45. The minimum absolute atomic E-state index is 0.0296. The average molecular weight is 411 g/mol. The third-order valence-corrected chi connectivity index (χ3v) is 6.32. The molecule has 30 heavy (non-hydrogen) atoms. The second-order valence-electron chi connectivity index (χ2n) is 9.72. The van der Waals surface area contributed by atoms with Crippen molar-refractivity contribution in [2.24, 2.45) is 11.3 Å². The number of nitrogens with one attached hydrogen (secondary N) is 3. The summed E-state index contributed by atoms with van der Waals surface area (Å²) in [6, 6.07) is 7.56. The van der Waals surface area contributed by atoms with E-state index in [0.29, 0.717) is 31.7 Å². The zero-order valence-electron chi connectivity index (χ0n) is 17.9. The Morgan fingerprint density at radius 3 is 2.77 bits per heavy atom. The summed E-state index contributed by atoms with van der Waals surface area (Å²) in [6.45, 7) is 6.57. The predicted octanol–water partition coefficient (Wildman–Crippen LogP) is 2.96. The average Bonchev–Trinajstić information content (AvgIpc) is 3.15. The summed E-state index contributed by atoms with van der Waals surface area (Å²) in [5.74, 6) is -0.250. The Hall–Kier alpha value is -2.83. The van der Waals surface area contributed by atoms with Gasteiger partial charge in [0.25, 0.3) is 5.91 Å². The van der Waals surface area contributed by atoms with E-state index in [2.05, 4.69) is 36.4 Å². The largest absolute Gasteiger partial charge is 0.361 e. The maximum absolute atomic E-state index is 13.1. The second-order valence-corrected chi connectivity index (χ2v) is 9.72. The number of aromatic amines is 1. The number of carbonyl (C=O) groups excluding carboxylic acids is 3. The topological polar surface area (TPSA) is 94.3 Å². The van der Waals surface area contributed by atoms with E-state index in [1.807, 2.05) is 30.5 Å². The molecule has 1 saturated heterocycles. The number of benzene rings is 1. The molecule has 1 saturated carbocycles. The van der Waals surface area contributed by atoms with Gasteiger partial charge in [0.2, 0.25) is 5.91 Å². The lowest BCUT2D eigenvalue weighted by Gasteiger charge is -2.43. The van der Waals surface area contributed by atoms with Crippen LogP contribution in [0.2, 0.25) is 0 Å². The van der Waals surface area contributed by atoms with Crippen LogP contribution >= 0.6 is 0 Å². The van der Waals surface area contributed by atoms with Crippen molar-refractivity contribution in [2.45, 2.75) is 52.0 Å². The van der Waals surface area contributed by atoms with Crippen LogP contribution < -0.4 is 10.6 Å². The van der Waals surface area contributed by atoms with Gasteiger partial charge in [0, 0.05) is 23.6 Å². The van der Waals surface area contributed by atoms with Gasteiger partial charge in [-0.2, -0.15) is 0 Å². The van der Waals surface area contributed by atoms with Crippen molar-refractivity contribution in [3.05, 3.63) is 36.0 Å². The molecule has 1 aliphatic heterocycles. The van der Waals surface area contributed by atoms with Crippen LogP contribution in [0.3, 0.4) is 0 Å². The minimum Gasteiger partial charge on any atom is -0.361 e. The molecule has 1 aromatic carbocycles. The van der Waals surface area contributed by atoms with E-state index in [1.165, 1.54) is 0 Å². The smallest absolute Gasteiger partial charge is 0.325 e. The minimum atomic E-state index is -0.872. The first kappa shape index (κ1) is 20.4. The van der Waals surface area contributed by atoms with Gasteiger partial charge in [-0.25, -0.2) is 4.79 Å². The van der Waals surface area contributed by atoms with Crippen molar-refractivity contribution in [1.29, 1.82) is 0 Å². The fraction of sp³-hybridized carbons (Fsp3) is 0.522. The molecule has 2 fully saturated rings. The van der Waals surface area contributed by atoms with Crippen LogP contribution in [0.1, 0.15) is 45.6 Å². The quantitative estimate of drug-likeness (QED) is 0.662. The van der Waals surface area contributed by atoms with Crippen LogP contribution in [-0.2, 0) is 16.0 Å². The van der Waals surface area contributed by atoms with Crippen molar-refractivity contribution >= 4 is 28.7 Å². The van der Waals surface area contributed by atoms with Crippen molar-refractivity contribution in [3.63, 3.8) is 0 Å². The van der Waals surface area contributed by atoms with Crippen LogP contribution in [0, 0.1) is 11.3 Å². The molecule has 0 radical (unpaired) electrons. The predicted molar refractivity (Wildman–Crippen MR) is 115 cm³/mol.